The Kier molecular flexibility index (Phi) is 6.04. The van der Waals surface area contributed by atoms with Gasteiger partial charge in [0.15, 0.2) is 11.5 Å². The molecule has 39 heavy (non-hydrogen) atoms. The normalized spacial score (nSPS) is 12.1. The van der Waals surface area contributed by atoms with Gasteiger partial charge in [-0.1, -0.05) is 18.2 Å². The second-order valence-electron chi connectivity index (χ2n) is 8.86. The van der Waals surface area contributed by atoms with Crippen LogP contribution in [0.2, 0.25) is 0 Å². The van der Waals surface area contributed by atoms with E-state index in [2.05, 4.69) is 20.4 Å². The van der Waals surface area contributed by atoms with E-state index in [0.717, 1.165) is 15.8 Å². The van der Waals surface area contributed by atoms with Crippen LogP contribution in [0.25, 0.3) is 32.5 Å². The van der Waals surface area contributed by atoms with Crippen LogP contribution in [-0.4, -0.2) is 37.2 Å². The molecule has 0 aliphatic heterocycles. The molecule has 10 nitrogen and oxygen atoms in total. The number of nitrogens with two attached hydrogens (primary N) is 1. The van der Waals surface area contributed by atoms with E-state index >= 15 is 0 Å². The third kappa shape index (κ3) is 4.18. The maximum Gasteiger partial charge on any atom is 0.264 e. The molecule has 0 radical (unpaired) electrons. The number of nitrogen functional groups attached to an aromatic ring is 1. The second-order valence-corrected chi connectivity index (χ2v) is 9.78. The summed E-state index contributed by atoms with van der Waals surface area (Å²) in [5.41, 5.74) is 9.33. The van der Waals surface area contributed by atoms with E-state index in [-0.39, 0.29) is 16.9 Å². The molecule has 0 aliphatic rings. The lowest BCUT2D eigenvalue weighted by Crippen LogP contribution is -2.32. The molecule has 0 spiro atoms. The third-order valence-electron chi connectivity index (χ3n) is 6.48. The summed E-state index contributed by atoms with van der Waals surface area (Å²) in [6.45, 7) is 1.83. The lowest BCUT2D eigenvalue weighted by atomic mass is 10.1. The van der Waals surface area contributed by atoms with Crippen molar-refractivity contribution in [2.45, 2.75) is 13.0 Å². The van der Waals surface area contributed by atoms with E-state index in [1.807, 2.05) is 54.8 Å². The number of hydrogen-bond acceptors (Lipinski definition) is 8. The van der Waals surface area contributed by atoms with Gasteiger partial charge in [-0.3, -0.25) is 14.2 Å². The standard InChI is InChI=1S/C28H23N7O3S/c1-16(32-27(36)24-25(29)33-34-12-6-10-31-26(24)34)20-14-21-23(28(37)35(20)18-7-4-3-5-8-18)19(15-39-21)17-9-11-30-22(13-17)38-2/h3-16H,1-2H3,(H2,29,33)(H,32,36). The maximum atomic E-state index is 14.2. The van der Waals surface area contributed by atoms with Crippen LogP contribution in [0.4, 0.5) is 5.82 Å². The van der Waals surface area contributed by atoms with Gasteiger partial charge < -0.3 is 15.8 Å². The molecule has 1 amide bonds. The summed E-state index contributed by atoms with van der Waals surface area (Å²) in [4.78, 5) is 36.0. The number of ether oxygens (including phenoxy) is 1. The fourth-order valence-electron chi connectivity index (χ4n) is 4.66. The lowest BCUT2D eigenvalue weighted by molar-refractivity contribution is 0.0941. The van der Waals surface area contributed by atoms with Crippen molar-refractivity contribution in [3.05, 3.63) is 100 Å². The number of hydrogen-bond donors (Lipinski definition) is 2. The monoisotopic (exact) mass is 537 g/mol. The number of pyridine rings is 2. The van der Waals surface area contributed by atoms with Crippen LogP contribution in [0, 0.1) is 0 Å². The molecule has 6 aromatic rings. The number of fused-ring (bicyclic) bond motifs is 2. The van der Waals surface area contributed by atoms with Gasteiger partial charge in [0.1, 0.15) is 5.56 Å². The number of rotatable bonds is 6. The number of carbonyl (C=O) groups is 1. The molecule has 0 aliphatic carbocycles. The number of methoxy groups -OCH3 is 1. The second kappa shape index (κ2) is 9.69. The van der Waals surface area contributed by atoms with Gasteiger partial charge in [-0.2, -0.15) is 0 Å². The molecule has 1 aromatic carbocycles. The summed E-state index contributed by atoms with van der Waals surface area (Å²) in [5, 5.41) is 9.71. The van der Waals surface area contributed by atoms with Crippen LogP contribution in [0.5, 0.6) is 5.88 Å². The van der Waals surface area contributed by atoms with Crippen molar-refractivity contribution in [1.29, 1.82) is 0 Å². The highest BCUT2D eigenvalue weighted by atomic mass is 32.1. The molecule has 5 heterocycles. The highest BCUT2D eigenvalue weighted by Gasteiger charge is 2.24. The van der Waals surface area contributed by atoms with Crippen molar-refractivity contribution in [1.82, 2.24) is 29.5 Å². The Morgan fingerprint density at radius 1 is 1.10 bits per heavy atom. The zero-order valence-corrected chi connectivity index (χ0v) is 21.8. The van der Waals surface area contributed by atoms with Gasteiger partial charge in [0.2, 0.25) is 5.88 Å². The van der Waals surface area contributed by atoms with Crippen LogP contribution in [0.3, 0.4) is 0 Å². The van der Waals surface area contributed by atoms with Crippen LogP contribution >= 0.6 is 11.3 Å². The number of amides is 1. The number of aromatic nitrogens is 5. The summed E-state index contributed by atoms with van der Waals surface area (Å²) >= 11 is 1.46. The molecule has 3 N–H and O–H groups in total. The van der Waals surface area contributed by atoms with Gasteiger partial charge in [0.05, 0.1) is 18.5 Å². The molecule has 0 saturated carbocycles. The van der Waals surface area contributed by atoms with E-state index < -0.39 is 11.9 Å². The van der Waals surface area contributed by atoms with Crippen LogP contribution in [0.15, 0.2) is 83.4 Å². The number of thiophene rings is 1. The molecule has 0 fully saturated rings. The largest absolute Gasteiger partial charge is 0.481 e. The van der Waals surface area contributed by atoms with Crippen molar-refractivity contribution in [3.8, 4) is 22.7 Å². The zero-order chi connectivity index (χ0) is 27.1. The summed E-state index contributed by atoms with van der Waals surface area (Å²) in [6.07, 6.45) is 4.90. The molecule has 0 bridgehead atoms. The minimum absolute atomic E-state index is 0.0741. The fourth-order valence-corrected chi connectivity index (χ4v) is 5.66. The van der Waals surface area contributed by atoms with E-state index in [9.17, 15) is 9.59 Å². The maximum absolute atomic E-state index is 14.2. The topological polar surface area (TPSA) is 129 Å². The summed E-state index contributed by atoms with van der Waals surface area (Å²) in [7, 11) is 1.55. The van der Waals surface area contributed by atoms with E-state index in [4.69, 9.17) is 10.5 Å². The summed E-state index contributed by atoms with van der Waals surface area (Å²) in [6, 6.07) is 16.1. The van der Waals surface area contributed by atoms with Crippen LogP contribution in [-0.2, 0) is 0 Å². The molecular formula is C28H23N7O3S. The first-order valence-electron chi connectivity index (χ1n) is 12.1. The third-order valence-corrected chi connectivity index (χ3v) is 7.41. The molecule has 0 saturated heterocycles. The number of para-hydroxylation sites is 1. The van der Waals surface area contributed by atoms with Crippen molar-refractivity contribution < 1.29 is 9.53 Å². The van der Waals surface area contributed by atoms with Gasteiger partial charge in [-0.05, 0) is 42.8 Å². The molecule has 6 rings (SSSR count). The molecule has 11 heteroatoms. The SMILES string of the molecule is COc1cc(-c2csc3cc(C(C)NC(=O)c4c(N)nn5cccnc45)n(-c4ccccc4)c(=O)c23)ccn1. The van der Waals surface area contributed by atoms with Crippen LogP contribution < -0.4 is 21.3 Å². The van der Waals surface area contributed by atoms with Gasteiger partial charge in [-0.15, -0.1) is 16.4 Å². The Hall–Kier alpha value is -5.03. The summed E-state index contributed by atoms with van der Waals surface area (Å²) < 4.78 is 9.19. The smallest absolute Gasteiger partial charge is 0.264 e. The van der Waals surface area contributed by atoms with Crippen LogP contribution in [0.1, 0.15) is 29.0 Å². The lowest BCUT2D eigenvalue weighted by Gasteiger charge is -2.20. The van der Waals surface area contributed by atoms with Gasteiger partial charge in [0, 0.05) is 51.7 Å². The first-order chi connectivity index (χ1) is 19.0. The highest BCUT2D eigenvalue weighted by Crippen LogP contribution is 2.35. The van der Waals surface area contributed by atoms with Gasteiger partial charge >= 0.3 is 0 Å². The van der Waals surface area contributed by atoms with Crippen molar-refractivity contribution in [3.63, 3.8) is 0 Å². The summed E-state index contributed by atoms with van der Waals surface area (Å²) in [5.74, 6) is 0.103. The number of nitrogens with one attached hydrogen (secondary N) is 1. The average Bonchev–Trinajstić information content (AvgIpc) is 3.54. The predicted molar refractivity (Wildman–Crippen MR) is 150 cm³/mol. The number of benzene rings is 1. The van der Waals surface area contributed by atoms with Crippen molar-refractivity contribution in [2.24, 2.45) is 0 Å². The van der Waals surface area contributed by atoms with E-state index in [1.54, 1.807) is 42.4 Å². The minimum atomic E-state index is -0.556. The van der Waals surface area contributed by atoms with Gasteiger partial charge in [-0.25, -0.2) is 14.5 Å². The molecular weight excluding hydrogens is 514 g/mol. The van der Waals surface area contributed by atoms with E-state index in [1.165, 1.54) is 15.9 Å². The highest BCUT2D eigenvalue weighted by molar-refractivity contribution is 7.17. The average molecular weight is 538 g/mol. The molecule has 1 atom stereocenters. The quantitative estimate of drug-likeness (QED) is 0.325. The molecule has 194 valence electrons. The Morgan fingerprint density at radius 3 is 2.72 bits per heavy atom. The Morgan fingerprint density at radius 2 is 1.92 bits per heavy atom. The molecule has 5 aromatic heterocycles. The number of anilines is 1. The van der Waals surface area contributed by atoms with E-state index in [0.29, 0.717) is 28.3 Å². The zero-order valence-electron chi connectivity index (χ0n) is 21.0. The number of carbonyl (C=O) groups excluding carboxylic acids is 1. The van der Waals surface area contributed by atoms with Gasteiger partial charge in [0.25, 0.3) is 11.5 Å². The Labute approximate surface area is 226 Å². The first kappa shape index (κ1) is 24.3. The molecule has 1 unspecified atom stereocenters. The predicted octanol–water partition coefficient (Wildman–Crippen LogP) is 4.24. The fraction of sp³-hybridized carbons (Fsp3) is 0.107. The number of nitrogens with zero attached hydrogens (tertiary/aromatic N) is 5. The first-order valence-corrected chi connectivity index (χ1v) is 13.0. The Bertz CT molecular complexity index is 1910. The van der Waals surface area contributed by atoms with Crippen molar-refractivity contribution >= 4 is 38.8 Å². The minimum Gasteiger partial charge on any atom is -0.481 e. The van der Waals surface area contributed by atoms with Crippen molar-refractivity contribution in [2.75, 3.05) is 12.8 Å². The Balaban J connectivity index is 1.48.